The van der Waals surface area contributed by atoms with E-state index in [2.05, 4.69) is 37.4 Å². The number of carboxylic acids is 1. The van der Waals surface area contributed by atoms with E-state index in [0.717, 1.165) is 13.0 Å². The summed E-state index contributed by atoms with van der Waals surface area (Å²) in [4.78, 5) is 10.1. The Morgan fingerprint density at radius 3 is 2.12 bits per heavy atom. The molecular formula is C21H26N2O3. The molecule has 0 heterocycles. The van der Waals surface area contributed by atoms with Crippen LogP contribution in [0, 0.1) is 17.2 Å². The molecule has 2 aromatic carbocycles. The summed E-state index contributed by atoms with van der Waals surface area (Å²) in [5.41, 5.74) is 1.62. The van der Waals surface area contributed by atoms with Crippen LogP contribution in [0.15, 0.2) is 60.7 Å². The average Bonchev–Trinajstić information content (AvgIpc) is 2.66. The molecule has 2 atom stereocenters. The minimum Gasteiger partial charge on any atom is -0.547 e. The van der Waals surface area contributed by atoms with Crippen molar-refractivity contribution in [2.75, 3.05) is 0 Å². The molecule has 0 unspecified atom stereocenters. The van der Waals surface area contributed by atoms with E-state index >= 15 is 0 Å². The standard InChI is InChI=1S/C13H18N2.C8H8O3/c1-11(2)8-13(9-14)15-10-12-6-4-3-5-7-12;9-7(8(10)11)6-4-2-1-3-5-6/h3-7,11,13,15H,8,10H2,1-2H3;1-5,7,9H,(H,10,11)/t13-;7-/m11/s1. The van der Waals surface area contributed by atoms with Crippen molar-refractivity contribution in [3.05, 3.63) is 71.8 Å². The predicted molar refractivity (Wildman–Crippen MR) is 97.3 cm³/mol. The number of aliphatic hydroxyl groups excluding tert-OH is 1. The molecule has 5 heteroatoms. The summed E-state index contributed by atoms with van der Waals surface area (Å²) in [5.74, 6) is -0.891. The van der Waals surface area contributed by atoms with Crippen LogP contribution in [0.5, 0.6) is 0 Å². The molecule has 0 radical (unpaired) electrons. The summed E-state index contributed by atoms with van der Waals surface area (Å²) < 4.78 is 0. The Labute approximate surface area is 154 Å². The Kier molecular flexibility index (Phi) is 9.70. The van der Waals surface area contributed by atoms with Crippen LogP contribution in [0.25, 0.3) is 0 Å². The van der Waals surface area contributed by atoms with Crippen molar-refractivity contribution < 1.29 is 20.3 Å². The zero-order chi connectivity index (χ0) is 19.4. The molecule has 0 aromatic heterocycles. The predicted octanol–water partition coefficient (Wildman–Crippen LogP) is 1.16. The number of nitriles is 1. The van der Waals surface area contributed by atoms with Gasteiger partial charge in [-0.15, -0.1) is 0 Å². The smallest absolute Gasteiger partial charge is 0.173 e. The van der Waals surface area contributed by atoms with Gasteiger partial charge < -0.3 is 20.3 Å². The number of aliphatic carboxylic acids is 1. The Morgan fingerprint density at radius 2 is 1.65 bits per heavy atom. The second-order valence-corrected chi connectivity index (χ2v) is 6.42. The summed E-state index contributed by atoms with van der Waals surface area (Å²) in [6.45, 7) is 5.20. The van der Waals surface area contributed by atoms with Gasteiger partial charge in [-0.05, 0) is 11.5 Å². The third kappa shape index (κ3) is 8.43. The van der Waals surface area contributed by atoms with Gasteiger partial charge in [-0.3, -0.25) is 0 Å². The van der Waals surface area contributed by atoms with E-state index in [1.54, 1.807) is 18.2 Å². The molecule has 5 nitrogen and oxygen atoms in total. The highest BCUT2D eigenvalue weighted by atomic mass is 16.4. The van der Waals surface area contributed by atoms with E-state index < -0.39 is 12.1 Å². The Bertz CT molecular complexity index is 681. The Morgan fingerprint density at radius 1 is 1.12 bits per heavy atom. The third-order valence-corrected chi connectivity index (χ3v) is 3.71. The molecule has 0 spiro atoms. The topological polar surface area (TPSA) is 101 Å². The summed E-state index contributed by atoms with van der Waals surface area (Å²) in [7, 11) is 0. The van der Waals surface area contributed by atoms with Gasteiger partial charge in [0.25, 0.3) is 0 Å². The molecule has 0 fully saturated rings. The van der Waals surface area contributed by atoms with Crippen molar-refractivity contribution in [3.63, 3.8) is 0 Å². The average molecular weight is 354 g/mol. The first-order valence-corrected chi connectivity index (χ1v) is 8.64. The maximum atomic E-state index is 10.1. The molecule has 0 aliphatic rings. The summed E-state index contributed by atoms with van der Waals surface area (Å²) in [6.07, 6.45) is -0.556. The number of carboxylic acid groups (broad SMARTS) is 1. The molecule has 3 N–H and O–H groups in total. The number of carbonyl (C=O) groups is 1. The lowest BCUT2D eigenvalue weighted by molar-refractivity contribution is -0.693. The van der Waals surface area contributed by atoms with Crippen LogP contribution in [0.4, 0.5) is 0 Å². The van der Waals surface area contributed by atoms with E-state index in [1.165, 1.54) is 17.7 Å². The second-order valence-electron chi connectivity index (χ2n) is 6.42. The maximum absolute atomic E-state index is 10.1. The number of nitrogens with two attached hydrogens (primary N) is 1. The number of nitrogens with zero attached hydrogens (tertiary/aromatic N) is 1. The van der Waals surface area contributed by atoms with Gasteiger partial charge in [-0.1, -0.05) is 74.5 Å². The fourth-order valence-corrected chi connectivity index (χ4v) is 2.37. The summed E-state index contributed by atoms with van der Waals surface area (Å²) in [5, 5.41) is 30.2. The van der Waals surface area contributed by atoms with Crippen molar-refractivity contribution in [1.82, 2.24) is 0 Å². The van der Waals surface area contributed by atoms with Gasteiger partial charge >= 0.3 is 0 Å². The zero-order valence-corrected chi connectivity index (χ0v) is 15.2. The molecule has 0 amide bonds. The molecule has 26 heavy (non-hydrogen) atoms. The largest absolute Gasteiger partial charge is 0.547 e. The highest BCUT2D eigenvalue weighted by Crippen LogP contribution is 2.09. The van der Waals surface area contributed by atoms with E-state index in [4.69, 9.17) is 10.4 Å². The van der Waals surface area contributed by atoms with E-state index in [1.807, 2.05) is 18.2 Å². The van der Waals surface area contributed by atoms with E-state index in [0.29, 0.717) is 11.5 Å². The van der Waals surface area contributed by atoms with Crippen LogP contribution >= 0.6 is 0 Å². The van der Waals surface area contributed by atoms with Crippen LogP contribution in [-0.2, 0) is 11.3 Å². The van der Waals surface area contributed by atoms with E-state index in [9.17, 15) is 9.90 Å². The van der Waals surface area contributed by atoms with Gasteiger partial charge in [-0.2, -0.15) is 5.26 Å². The highest BCUT2D eigenvalue weighted by Gasteiger charge is 2.12. The minimum absolute atomic E-state index is 0.0882. The molecular weight excluding hydrogens is 328 g/mol. The van der Waals surface area contributed by atoms with Gasteiger partial charge in [0.1, 0.15) is 18.7 Å². The lowest BCUT2D eigenvalue weighted by Gasteiger charge is -2.10. The number of hydrogen-bond donors (Lipinski definition) is 2. The monoisotopic (exact) mass is 354 g/mol. The molecule has 0 aliphatic carbocycles. The quantitative estimate of drug-likeness (QED) is 0.779. The number of quaternary nitrogens is 1. The van der Waals surface area contributed by atoms with Gasteiger partial charge in [-0.25, -0.2) is 0 Å². The number of hydrogen-bond acceptors (Lipinski definition) is 4. The third-order valence-electron chi connectivity index (χ3n) is 3.71. The molecule has 0 bridgehead atoms. The first kappa shape index (κ1) is 21.4. The molecule has 2 rings (SSSR count). The second kappa shape index (κ2) is 11.8. The fourth-order valence-electron chi connectivity index (χ4n) is 2.37. The van der Waals surface area contributed by atoms with Crippen LogP contribution in [0.1, 0.15) is 37.5 Å². The van der Waals surface area contributed by atoms with Crippen molar-refractivity contribution in [3.8, 4) is 6.07 Å². The van der Waals surface area contributed by atoms with Gasteiger partial charge in [0.15, 0.2) is 6.04 Å². The maximum Gasteiger partial charge on any atom is 0.173 e. The Hall–Kier alpha value is -2.68. The zero-order valence-electron chi connectivity index (χ0n) is 15.2. The number of aliphatic hydroxyl groups is 1. The fraction of sp³-hybridized carbons (Fsp3) is 0.333. The normalized spacial score (nSPS) is 12.4. The van der Waals surface area contributed by atoms with Crippen LogP contribution in [0.3, 0.4) is 0 Å². The first-order chi connectivity index (χ1) is 12.4. The molecule has 2 aromatic rings. The molecule has 0 saturated heterocycles. The van der Waals surface area contributed by atoms with Gasteiger partial charge in [0.05, 0.1) is 5.97 Å². The van der Waals surface area contributed by atoms with Crippen molar-refractivity contribution in [1.29, 1.82) is 5.26 Å². The number of rotatable bonds is 7. The van der Waals surface area contributed by atoms with Gasteiger partial charge in [0.2, 0.25) is 0 Å². The van der Waals surface area contributed by atoms with Crippen LogP contribution in [-0.4, -0.2) is 17.1 Å². The number of carbonyl (C=O) groups excluding carboxylic acids is 1. The highest BCUT2D eigenvalue weighted by molar-refractivity contribution is 5.71. The number of benzene rings is 2. The summed E-state index contributed by atoms with van der Waals surface area (Å²) >= 11 is 0. The lowest BCUT2D eigenvalue weighted by atomic mass is 10.0. The van der Waals surface area contributed by atoms with Crippen molar-refractivity contribution in [2.45, 2.75) is 39.0 Å². The minimum atomic E-state index is -1.52. The SMILES string of the molecule is CC(C)C[C@H](C#N)[NH2+]Cc1ccccc1.O=C([O-])[C@H](O)c1ccccc1. The van der Waals surface area contributed by atoms with Gasteiger partial charge in [0, 0.05) is 12.0 Å². The van der Waals surface area contributed by atoms with E-state index in [-0.39, 0.29) is 6.04 Å². The summed E-state index contributed by atoms with van der Waals surface area (Å²) in [6, 6.07) is 20.8. The van der Waals surface area contributed by atoms with Crippen LogP contribution in [0.2, 0.25) is 0 Å². The van der Waals surface area contributed by atoms with Crippen molar-refractivity contribution >= 4 is 5.97 Å². The first-order valence-electron chi connectivity index (χ1n) is 8.64. The molecule has 138 valence electrons. The van der Waals surface area contributed by atoms with Crippen molar-refractivity contribution in [2.24, 2.45) is 5.92 Å². The van der Waals surface area contributed by atoms with Crippen LogP contribution < -0.4 is 10.4 Å². The molecule has 0 saturated carbocycles. The molecule has 0 aliphatic heterocycles. The Balaban J connectivity index is 0.000000273. The lowest BCUT2D eigenvalue weighted by Crippen LogP contribution is -2.88.